The third kappa shape index (κ3) is 5.31. The van der Waals surface area contributed by atoms with Gasteiger partial charge in [-0.3, -0.25) is 14.6 Å². The second kappa shape index (κ2) is 8.41. The number of nitrogens with two attached hydrogens (primary N) is 1. The van der Waals surface area contributed by atoms with Crippen molar-refractivity contribution in [2.24, 2.45) is 16.8 Å². The largest absolute Gasteiger partial charge is 0.458 e. The Labute approximate surface area is 165 Å². The first-order chi connectivity index (χ1) is 13.0. The number of hydrogen-bond acceptors (Lipinski definition) is 6. The van der Waals surface area contributed by atoms with Crippen LogP contribution in [0.1, 0.15) is 41.0 Å². The summed E-state index contributed by atoms with van der Waals surface area (Å²) in [5.74, 6) is -1.79. The van der Waals surface area contributed by atoms with Crippen LogP contribution in [-0.4, -0.2) is 41.2 Å². The first-order valence-electron chi connectivity index (χ1n) is 9.24. The van der Waals surface area contributed by atoms with Gasteiger partial charge in [0.2, 0.25) is 5.91 Å². The molecule has 8 nitrogen and oxygen atoms in total. The average molecular weight is 388 g/mol. The van der Waals surface area contributed by atoms with E-state index >= 15 is 0 Å². The van der Waals surface area contributed by atoms with Gasteiger partial charge in [-0.2, -0.15) is 5.10 Å². The van der Waals surface area contributed by atoms with Crippen molar-refractivity contribution < 1.29 is 19.1 Å². The molecular formula is C20H28N4O4. The molecule has 2 atom stereocenters. The number of para-hydroxylation sites is 1. The lowest BCUT2D eigenvalue weighted by Gasteiger charge is -2.26. The number of nitrogens with one attached hydrogen (secondary N) is 1. The SMILES string of the molecule is CC(C)[C@@H](NC(=O)C1=NN(c2ccccc2)[C@H](C(=O)OC(C)(C)C)C1)C(N)=O. The molecule has 1 aliphatic rings. The number of hydrogen-bond donors (Lipinski definition) is 2. The van der Waals surface area contributed by atoms with Crippen molar-refractivity contribution >= 4 is 29.2 Å². The van der Waals surface area contributed by atoms with Crippen LogP contribution in [0.4, 0.5) is 5.69 Å². The van der Waals surface area contributed by atoms with Crippen LogP contribution in [0.15, 0.2) is 35.4 Å². The summed E-state index contributed by atoms with van der Waals surface area (Å²) in [6.07, 6.45) is 0.0687. The van der Waals surface area contributed by atoms with Gasteiger partial charge in [0.15, 0.2) is 6.04 Å². The van der Waals surface area contributed by atoms with Crippen molar-refractivity contribution in [3.05, 3.63) is 30.3 Å². The number of anilines is 1. The molecule has 8 heteroatoms. The number of esters is 1. The molecule has 0 bridgehead atoms. The standard InChI is InChI=1S/C20H28N4O4/c1-12(2)16(17(21)25)22-18(26)14-11-15(19(27)28-20(3,4)5)24(23-14)13-9-7-6-8-10-13/h6-10,12,15-16H,11H2,1-5H3,(H2,21,25)(H,22,26)/t15-,16+/m0/s1. The number of primary amides is 1. The Hall–Kier alpha value is -2.90. The minimum atomic E-state index is -0.819. The van der Waals surface area contributed by atoms with Gasteiger partial charge in [0.1, 0.15) is 17.4 Å². The van der Waals surface area contributed by atoms with Crippen LogP contribution in [-0.2, 0) is 19.1 Å². The number of rotatable bonds is 6. The third-order valence-corrected chi connectivity index (χ3v) is 4.13. The van der Waals surface area contributed by atoms with Gasteiger partial charge < -0.3 is 15.8 Å². The predicted octanol–water partition coefficient (Wildman–Crippen LogP) is 1.59. The van der Waals surface area contributed by atoms with Gasteiger partial charge in [-0.25, -0.2) is 4.79 Å². The maximum Gasteiger partial charge on any atom is 0.331 e. The number of ether oxygens (including phenoxy) is 1. The molecule has 2 rings (SSSR count). The van der Waals surface area contributed by atoms with Gasteiger partial charge in [0.05, 0.1) is 5.69 Å². The summed E-state index contributed by atoms with van der Waals surface area (Å²) < 4.78 is 5.50. The Balaban J connectivity index is 2.27. The molecule has 0 fully saturated rings. The number of benzene rings is 1. The maximum absolute atomic E-state index is 12.7. The van der Waals surface area contributed by atoms with Crippen LogP contribution < -0.4 is 16.1 Å². The molecule has 0 saturated carbocycles. The fraction of sp³-hybridized carbons (Fsp3) is 0.500. The maximum atomic E-state index is 12.7. The quantitative estimate of drug-likeness (QED) is 0.718. The molecule has 28 heavy (non-hydrogen) atoms. The lowest BCUT2D eigenvalue weighted by atomic mass is 10.0. The summed E-state index contributed by atoms with van der Waals surface area (Å²) in [6.45, 7) is 8.90. The van der Waals surface area contributed by atoms with Crippen LogP contribution in [0.3, 0.4) is 0 Å². The fourth-order valence-electron chi connectivity index (χ4n) is 2.81. The first-order valence-corrected chi connectivity index (χ1v) is 9.24. The van der Waals surface area contributed by atoms with Gasteiger partial charge >= 0.3 is 5.97 Å². The summed E-state index contributed by atoms with van der Waals surface area (Å²) in [5, 5.41) is 8.45. The van der Waals surface area contributed by atoms with Crippen LogP contribution in [0.2, 0.25) is 0 Å². The molecule has 1 heterocycles. The fourth-order valence-corrected chi connectivity index (χ4v) is 2.81. The van der Waals surface area contributed by atoms with E-state index in [4.69, 9.17) is 10.5 Å². The first kappa shape index (κ1) is 21.4. The van der Waals surface area contributed by atoms with E-state index < -0.39 is 35.5 Å². The predicted molar refractivity (Wildman–Crippen MR) is 107 cm³/mol. The summed E-state index contributed by atoms with van der Waals surface area (Å²) >= 11 is 0. The second-order valence-electron chi connectivity index (χ2n) is 8.08. The summed E-state index contributed by atoms with van der Waals surface area (Å²) in [7, 11) is 0. The van der Waals surface area contributed by atoms with E-state index in [-0.39, 0.29) is 18.1 Å². The van der Waals surface area contributed by atoms with Gasteiger partial charge in [0.25, 0.3) is 5.91 Å². The van der Waals surface area contributed by atoms with E-state index in [9.17, 15) is 14.4 Å². The van der Waals surface area contributed by atoms with Gasteiger partial charge in [-0.1, -0.05) is 32.0 Å². The van der Waals surface area contributed by atoms with Crippen molar-refractivity contribution in [3.63, 3.8) is 0 Å². The topological polar surface area (TPSA) is 114 Å². The molecule has 1 aromatic rings. The number of carbonyl (C=O) groups is 3. The zero-order chi connectivity index (χ0) is 21.1. The van der Waals surface area contributed by atoms with Crippen molar-refractivity contribution in [1.29, 1.82) is 0 Å². The Kier molecular flexibility index (Phi) is 6.43. The minimum absolute atomic E-state index is 0.0687. The molecule has 0 unspecified atom stereocenters. The highest BCUT2D eigenvalue weighted by molar-refractivity contribution is 6.40. The number of amides is 2. The van der Waals surface area contributed by atoms with E-state index in [1.54, 1.807) is 46.8 Å². The molecule has 152 valence electrons. The van der Waals surface area contributed by atoms with Gasteiger partial charge in [0, 0.05) is 6.42 Å². The van der Waals surface area contributed by atoms with Crippen LogP contribution in [0.25, 0.3) is 0 Å². The van der Waals surface area contributed by atoms with E-state index in [1.807, 2.05) is 18.2 Å². The van der Waals surface area contributed by atoms with Crippen molar-refractivity contribution in [2.45, 2.75) is 58.7 Å². The van der Waals surface area contributed by atoms with E-state index in [0.29, 0.717) is 5.69 Å². The highest BCUT2D eigenvalue weighted by Gasteiger charge is 2.39. The molecule has 1 aromatic carbocycles. The Morgan fingerprint density at radius 3 is 2.32 bits per heavy atom. The lowest BCUT2D eigenvalue weighted by molar-refractivity contribution is -0.156. The number of nitrogens with zero attached hydrogens (tertiary/aromatic N) is 2. The van der Waals surface area contributed by atoms with E-state index in [1.165, 1.54) is 5.01 Å². The summed E-state index contributed by atoms with van der Waals surface area (Å²) in [6, 6.07) is 7.48. The molecule has 0 spiro atoms. The monoisotopic (exact) mass is 388 g/mol. The molecule has 3 N–H and O–H groups in total. The average Bonchev–Trinajstić information content (AvgIpc) is 3.04. The van der Waals surface area contributed by atoms with Crippen molar-refractivity contribution in [2.75, 3.05) is 5.01 Å². The van der Waals surface area contributed by atoms with Crippen molar-refractivity contribution in [1.82, 2.24) is 5.32 Å². The number of hydrazone groups is 1. The van der Waals surface area contributed by atoms with Crippen LogP contribution in [0.5, 0.6) is 0 Å². The zero-order valence-corrected chi connectivity index (χ0v) is 16.9. The van der Waals surface area contributed by atoms with Crippen LogP contribution >= 0.6 is 0 Å². The minimum Gasteiger partial charge on any atom is -0.458 e. The normalized spacial score (nSPS) is 17.9. The molecule has 0 aliphatic carbocycles. The molecular weight excluding hydrogens is 360 g/mol. The molecule has 0 saturated heterocycles. The molecule has 0 radical (unpaired) electrons. The van der Waals surface area contributed by atoms with Gasteiger partial charge in [-0.05, 0) is 38.8 Å². The third-order valence-electron chi connectivity index (χ3n) is 4.13. The highest BCUT2D eigenvalue weighted by atomic mass is 16.6. The van der Waals surface area contributed by atoms with Gasteiger partial charge in [-0.15, -0.1) is 0 Å². The zero-order valence-electron chi connectivity index (χ0n) is 16.9. The summed E-state index contributed by atoms with van der Waals surface area (Å²) in [5.41, 5.74) is 5.51. The van der Waals surface area contributed by atoms with Crippen LogP contribution in [0, 0.1) is 5.92 Å². The number of carbonyl (C=O) groups excluding carboxylic acids is 3. The Morgan fingerprint density at radius 1 is 1.21 bits per heavy atom. The molecule has 0 aromatic heterocycles. The molecule has 1 aliphatic heterocycles. The highest BCUT2D eigenvalue weighted by Crippen LogP contribution is 2.26. The molecule has 2 amide bonds. The Morgan fingerprint density at radius 2 is 1.82 bits per heavy atom. The second-order valence-corrected chi connectivity index (χ2v) is 8.08. The lowest BCUT2D eigenvalue weighted by Crippen LogP contribution is -2.49. The smallest absolute Gasteiger partial charge is 0.331 e. The Bertz CT molecular complexity index is 768. The van der Waals surface area contributed by atoms with E-state index in [0.717, 1.165) is 0 Å². The van der Waals surface area contributed by atoms with E-state index in [2.05, 4.69) is 10.4 Å². The summed E-state index contributed by atoms with van der Waals surface area (Å²) in [4.78, 5) is 37.0. The van der Waals surface area contributed by atoms with Crippen molar-refractivity contribution in [3.8, 4) is 0 Å².